The van der Waals surface area contributed by atoms with E-state index in [1.165, 1.54) is 11.3 Å². The fourth-order valence-corrected chi connectivity index (χ4v) is 4.38. The zero-order valence-corrected chi connectivity index (χ0v) is 18.2. The Morgan fingerprint density at radius 1 is 1.10 bits per heavy atom. The Labute approximate surface area is 178 Å². The molecule has 0 atom stereocenters. The van der Waals surface area contributed by atoms with E-state index >= 15 is 0 Å². The van der Waals surface area contributed by atoms with Gasteiger partial charge in [0.25, 0.3) is 5.56 Å². The van der Waals surface area contributed by atoms with Crippen LogP contribution in [0.2, 0.25) is 0 Å². The molecule has 3 aromatic heterocycles. The number of pyridine rings is 1. The average Bonchev–Trinajstić information content (AvgIpc) is 3.21. The van der Waals surface area contributed by atoms with E-state index in [9.17, 15) is 9.59 Å². The second-order valence-electron chi connectivity index (χ2n) is 7.31. The van der Waals surface area contributed by atoms with Gasteiger partial charge in [0.2, 0.25) is 5.91 Å². The molecular weight excluding hydrogens is 398 g/mol. The number of anilines is 1. The second-order valence-corrected chi connectivity index (χ2v) is 8.51. The third-order valence-corrected chi connectivity index (χ3v) is 6.12. The van der Waals surface area contributed by atoms with Crippen molar-refractivity contribution in [1.29, 1.82) is 0 Å². The summed E-state index contributed by atoms with van der Waals surface area (Å²) in [5.74, 6) is -0.174. The second kappa shape index (κ2) is 7.87. The maximum atomic E-state index is 12.8. The van der Waals surface area contributed by atoms with Gasteiger partial charge in [-0.05, 0) is 45.4 Å². The quantitative estimate of drug-likeness (QED) is 0.530. The molecule has 1 aromatic carbocycles. The molecule has 4 aromatic rings. The van der Waals surface area contributed by atoms with E-state index in [1.807, 2.05) is 58.0 Å². The summed E-state index contributed by atoms with van der Waals surface area (Å²) in [6.45, 7) is 7.99. The van der Waals surface area contributed by atoms with Gasteiger partial charge in [-0.25, -0.2) is 9.67 Å². The standard InChI is InChI=1S/C22H23N5O2S/c1-13-12-19(29)26(11-10-18(28)24-22-23-14(2)16(4)30-22)21-20(13)15(3)25-27(21)17-8-6-5-7-9-17/h5-9,12H,10-11H2,1-4H3,(H,23,24,28). The first-order valence-corrected chi connectivity index (χ1v) is 10.6. The fraction of sp³-hybridized carbons (Fsp3) is 0.273. The Hall–Kier alpha value is -3.26. The molecule has 0 bridgehead atoms. The number of aryl methyl sites for hydroxylation is 5. The van der Waals surface area contributed by atoms with Crippen molar-refractivity contribution in [3.63, 3.8) is 0 Å². The van der Waals surface area contributed by atoms with Crippen molar-refractivity contribution in [3.05, 3.63) is 68.6 Å². The lowest BCUT2D eigenvalue weighted by molar-refractivity contribution is -0.116. The van der Waals surface area contributed by atoms with Crippen molar-refractivity contribution in [3.8, 4) is 5.69 Å². The van der Waals surface area contributed by atoms with Crippen molar-refractivity contribution in [2.24, 2.45) is 0 Å². The number of para-hydroxylation sites is 1. The summed E-state index contributed by atoms with van der Waals surface area (Å²) >= 11 is 1.45. The minimum Gasteiger partial charge on any atom is -0.302 e. The van der Waals surface area contributed by atoms with Gasteiger partial charge in [0.15, 0.2) is 5.13 Å². The zero-order valence-electron chi connectivity index (χ0n) is 17.4. The lowest BCUT2D eigenvalue weighted by Crippen LogP contribution is -2.25. The minimum absolute atomic E-state index is 0.147. The van der Waals surface area contributed by atoms with Gasteiger partial charge in [-0.3, -0.25) is 14.2 Å². The lowest BCUT2D eigenvalue weighted by atomic mass is 10.1. The topological polar surface area (TPSA) is 81.8 Å². The molecule has 0 radical (unpaired) electrons. The van der Waals surface area contributed by atoms with Gasteiger partial charge in [0, 0.05) is 29.3 Å². The number of rotatable bonds is 5. The third-order valence-electron chi connectivity index (χ3n) is 5.13. The first-order chi connectivity index (χ1) is 14.3. The molecule has 154 valence electrons. The number of hydrogen-bond acceptors (Lipinski definition) is 5. The number of carbonyl (C=O) groups excluding carboxylic acids is 1. The highest BCUT2D eigenvalue weighted by Gasteiger charge is 2.18. The lowest BCUT2D eigenvalue weighted by Gasteiger charge is -2.12. The monoisotopic (exact) mass is 421 g/mol. The summed E-state index contributed by atoms with van der Waals surface area (Å²) < 4.78 is 3.41. The van der Waals surface area contributed by atoms with Gasteiger partial charge < -0.3 is 5.32 Å². The third kappa shape index (κ3) is 3.66. The molecular formula is C22H23N5O2S. The highest BCUT2D eigenvalue weighted by atomic mass is 32.1. The van der Waals surface area contributed by atoms with Crippen LogP contribution in [-0.4, -0.2) is 25.2 Å². The molecule has 0 aliphatic rings. The molecule has 0 fully saturated rings. The number of thiazole rings is 1. The van der Waals surface area contributed by atoms with Crippen LogP contribution in [0.5, 0.6) is 0 Å². The van der Waals surface area contributed by atoms with E-state index in [1.54, 1.807) is 15.3 Å². The summed E-state index contributed by atoms with van der Waals surface area (Å²) in [6, 6.07) is 11.3. The van der Waals surface area contributed by atoms with Gasteiger partial charge in [0.1, 0.15) is 5.65 Å². The minimum atomic E-state index is -0.174. The highest BCUT2D eigenvalue weighted by molar-refractivity contribution is 7.15. The summed E-state index contributed by atoms with van der Waals surface area (Å²) in [5, 5.41) is 9.03. The number of amides is 1. The molecule has 7 nitrogen and oxygen atoms in total. The Morgan fingerprint density at radius 2 is 1.83 bits per heavy atom. The zero-order chi connectivity index (χ0) is 21.4. The Bertz CT molecular complexity index is 1280. The number of nitrogens with zero attached hydrogens (tertiary/aromatic N) is 4. The molecule has 4 rings (SSSR count). The molecule has 1 amide bonds. The van der Waals surface area contributed by atoms with Gasteiger partial charge in [-0.2, -0.15) is 5.10 Å². The number of fused-ring (bicyclic) bond motifs is 1. The van der Waals surface area contributed by atoms with E-state index in [4.69, 9.17) is 0 Å². The van der Waals surface area contributed by atoms with E-state index in [0.29, 0.717) is 10.8 Å². The van der Waals surface area contributed by atoms with E-state index in [-0.39, 0.29) is 24.4 Å². The van der Waals surface area contributed by atoms with Crippen LogP contribution in [0.3, 0.4) is 0 Å². The summed E-state index contributed by atoms with van der Waals surface area (Å²) in [6.07, 6.45) is 0.161. The maximum Gasteiger partial charge on any atom is 0.252 e. The van der Waals surface area contributed by atoms with E-state index in [2.05, 4.69) is 15.4 Å². The largest absolute Gasteiger partial charge is 0.302 e. The van der Waals surface area contributed by atoms with Crippen molar-refractivity contribution in [2.75, 3.05) is 5.32 Å². The summed E-state index contributed by atoms with van der Waals surface area (Å²) in [7, 11) is 0. The van der Waals surface area contributed by atoms with Crippen LogP contribution >= 0.6 is 11.3 Å². The average molecular weight is 422 g/mol. The smallest absolute Gasteiger partial charge is 0.252 e. The molecule has 8 heteroatoms. The van der Waals surface area contributed by atoms with Crippen LogP contribution in [0, 0.1) is 27.7 Å². The van der Waals surface area contributed by atoms with Crippen LogP contribution in [0.1, 0.15) is 28.2 Å². The highest BCUT2D eigenvalue weighted by Crippen LogP contribution is 2.24. The number of benzene rings is 1. The molecule has 1 N–H and O–H groups in total. The van der Waals surface area contributed by atoms with Crippen LogP contribution in [0.25, 0.3) is 16.7 Å². The Balaban J connectivity index is 1.70. The van der Waals surface area contributed by atoms with Crippen molar-refractivity contribution in [1.82, 2.24) is 19.3 Å². The van der Waals surface area contributed by atoms with E-state index in [0.717, 1.165) is 32.9 Å². The van der Waals surface area contributed by atoms with Crippen molar-refractivity contribution >= 4 is 33.4 Å². The molecule has 0 aliphatic heterocycles. The van der Waals surface area contributed by atoms with E-state index < -0.39 is 0 Å². The molecule has 3 heterocycles. The number of nitrogens with one attached hydrogen (secondary N) is 1. The SMILES string of the molecule is Cc1nc(NC(=O)CCn2c(=O)cc(C)c3c(C)nn(-c4ccccc4)c32)sc1C. The van der Waals surface area contributed by atoms with Gasteiger partial charge in [-0.1, -0.05) is 18.2 Å². The first-order valence-electron chi connectivity index (χ1n) is 9.74. The molecule has 0 saturated heterocycles. The number of carbonyl (C=O) groups is 1. The van der Waals surface area contributed by atoms with Gasteiger partial charge in [0.05, 0.1) is 17.1 Å². The van der Waals surface area contributed by atoms with Gasteiger partial charge in [-0.15, -0.1) is 11.3 Å². The van der Waals surface area contributed by atoms with Crippen molar-refractivity contribution in [2.45, 2.75) is 40.7 Å². The van der Waals surface area contributed by atoms with Crippen LogP contribution in [0.15, 0.2) is 41.2 Å². The van der Waals surface area contributed by atoms with Crippen LogP contribution in [0.4, 0.5) is 5.13 Å². The predicted octanol–water partition coefficient (Wildman–Crippen LogP) is 3.91. The molecule has 0 unspecified atom stereocenters. The normalized spacial score (nSPS) is 11.2. The number of aromatic nitrogens is 4. The number of hydrogen-bond donors (Lipinski definition) is 1. The maximum absolute atomic E-state index is 12.8. The van der Waals surface area contributed by atoms with Crippen LogP contribution in [-0.2, 0) is 11.3 Å². The molecule has 0 spiro atoms. The molecule has 0 saturated carbocycles. The van der Waals surface area contributed by atoms with Crippen LogP contribution < -0.4 is 10.9 Å². The fourth-order valence-electron chi connectivity index (χ4n) is 3.55. The predicted molar refractivity (Wildman–Crippen MR) is 120 cm³/mol. The van der Waals surface area contributed by atoms with Crippen molar-refractivity contribution < 1.29 is 4.79 Å². The Kier molecular flexibility index (Phi) is 5.26. The summed E-state index contributed by atoms with van der Waals surface area (Å²) in [4.78, 5) is 30.8. The summed E-state index contributed by atoms with van der Waals surface area (Å²) in [5.41, 5.74) is 4.06. The molecule has 30 heavy (non-hydrogen) atoms. The molecule has 0 aliphatic carbocycles. The first kappa shape index (κ1) is 20.0. The van der Waals surface area contributed by atoms with Gasteiger partial charge >= 0.3 is 0 Å². The Morgan fingerprint density at radius 3 is 2.50 bits per heavy atom.